The third-order valence-electron chi connectivity index (χ3n) is 12.1. The van der Waals surface area contributed by atoms with Crippen LogP contribution in [-0.4, -0.2) is 56.8 Å². The standard InChI is InChI=1S/C39H48ClN3O5S/c1-24-8-6-17-39(45,20-34-25(2)26(3)48-41-34)33-13-10-30(33)21-43-22-38(16-7-9-28-18-31(40)12-14-32(28)38)23-47-36-15-11-29(19-35(36)43)37(44)42-49(5,46)27(24)4/h6,11-12,14-15,17-19,24,27,30,33,45H,5,7-10,13,16,20-23H2,1-4H3,(H,42,44,46)/b17-6+/t24-,27+,30-,33+,38-,39-,49?/m0/s1. The second-order valence-electron chi connectivity index (χ2n) is 15.2. The van der Waals surface area contributed by atoms with Crippen LogP contribution in [0.1, 0.15) is 84.5 Å². The number of nitrogens with zero attached hydrogens (tertiary/aromatic N) is 2. The number of aryl methyl sites for hydroxylation is 2. The predicted octanol–water partition coefficient (Wildman–Crippen LogP) is 6.76. The number of carbonyl (C=O) groups is 1. The fraction of sp³-hybridized carbons (Fsp3) is 0.513. The van der Waals surface area contributed by atoms with E-state index in [9.17, 15) is 14.1 Å². The molecule has 10 heteroatoms. The molecule has 1 amide bonds. The van der Waals surface area contributed by atoms with Crippen molar-refractivity contribution in [1.82, 2.24) is 9.88 Å². The smallest absolute Gasteiger partial charge is 0.262 e. The first-order valence-corrected chi connectivity index (χ1v) is 19.8. The van der Waals surface area contributed by atoms with Gasteiger partial charge < -0.3 is 19.3 Å². The summed E-state index contributed by atoms with van der Waals surface area (Å²) < 4.78 is 28.9. The summed E-state index contributed by atoms with van der Waals surface area (Å²) in [6.45, 7) is 9.65. The molecule has 3 heterocycles. The lowest BCUT2D eigenvalue weighted by molar-refractivity contribution is -0.0457. The molecule has 262 valence electrons. The highest BCUT2D eigenvalue weighted by atomic mass is 35.5. The van der Waals surface area contributed by atoms with E-state index in [0.717, 1.165) is 59.8 Å². The van der Waals surface area contributed by atoms with Gasteiger partial charge in [0.05, 0.1) is 33.3 Å². The molecule has 3 aromatic rings. The van der Waals surface area contributed by atoms with Gasteiger partial charge in [-0.15, -0.1) is 0 Å². The molecule has 4 aliphatic rings. The van der Waals surface area contributed by atoms with Crippen LogP contribution in [0.4, 0.5) is 5.69 Å². The Kier molecular flexibility index (Phi) is 8.94. The van der Waals surface area contributed by atoms with Crippen molar-refractivity contribution in [3.8, 4) is 5.75 Å². The van der Waals surface area contributed by atoms with E-state index in [1.807, 2.05) is 58.0 Å². The molecule has 2 aliphatic heterocycles. The third-order valence-corrected chi connectivity index (χ3v) is 14.5. The van der Waals surface area contributed by atoms with Gasteiger partial charge in [0.25, 0.3) is 5.91 Å². The van der Waals surface area contributed by atoms with Crippen LogP contribution in [0, 0.1) is 31.6 Å². The van der Waals surface area contributed by atoms with Gasteiger partial charge in [0.2, 0.25) is 0 Å². The largest absolute Gasteiger partial charge is 0.490 e. The van der Waals surface area contributed by atoms with Crippen molar-refractivity contribution in [2.75, 3.05) is 24.6 Å². The van der Waals surface area contributed by atoms with E-state index < -0.39 is 26.5 Å². The summed E-state index contributed by atoms with van der Waals surface area (Å²) in [6, 6.07) is 11.7. The van der Waals surface area contributed by atoms with E-state index >= 15 is 0 Å². The van der Waals surface area contributed by atoms with E-state index in [4.69, 9.17) is 20.9 Å². The number of nitrogens with one attached hydrogen (secondary N) is 1. The Morgan fingerprint density at radius 2 is 2.00 bits per heavy atom. The molecule has 2 N–H and O–H groups in total. The van der Waals surface area contributed by atoms with Crippen molar-refractivity contribution in [3.05, 3.63) is 87.3 Å². The van der Waals surface area contributed by atoms with Crippen LogP contribution in [0.2, 0.25) is 5.02 Å². The van der Waals surface area contributed by atoms with Gasteiger partial charge in [0.15, 0.2) is 0 Å². The van der Waals surface area contributed by atoms with Crippen molar-refractivity contribution < 1.29 is 23.4 Å². The number of ether oxygens (including phenoxy) is 1. The Morgan fingerprint density at radius 1 is 1.18 bits per heavy atom. The number of amides is 1. The molecular formula is C39H48ClN3O5S. The minimum absolute atomic E-state index is 0.0228. The maximum Gasteiger partial charge on any atom is 0.262 e. The molecule has 2 aromatic carbocycles. The van der Waals surface area contributed by atoms with E-state index in [2.05, 4.69) is 32.8 Å². The average molecular weight is 706 g/mol. The van der Waals surface area contributed by atoms with Crippen LogP contribution >= 0.6 is 11.6 Å². The van der Waals surface area contributed by atoms with E-state index in [0.29, 0.717) is 43.9 Å². The van der Waals surface area contributed by atoms with Gasteiger partial charge in [-0.1, -0.05) is 41.9 Å². The average Bonchev–Trinajstić information content (AvgIpc) is 3.26. The van der Waals surface area contributed by atoms with Crippen LogP contribution in [0.25, 0.3) is 0 Å². The highest BCUT2D eigenvalue weighted by Crippen LogP contribution is 2.49. The SMILES string of the molecule is C=S1(=O)NC(=O)c2ccc3c(c2)N(C[C@@H]2CC[C@H]2[C@@](O)(Cc2noc(C)c2C)/C=C/C[C@H](C)[C@H]1C)C[C@@]1(CCCc2cc(Cl)ccc21)CO3. The number of allylic oxidation sites excluding steroid dienone is 1. The quantitative estimate of drug-likeness (QED) is 0.224. The number of anilines is 1. The van der Waals surface area contributed by atoms with Crippen molar-refractivity contribution in [2.24, 2.45) is 17.8 Å². The van der Waals surface area contributed by atoms with Crippen molar-refractivity contribution in [2.45, 2.75) is 88.9 Å². The first-order chi connectivity index (χ1) is 23.3. The lowest BCUT2D eigenvalue weighted by Gasteiger charge is -2.49. The second-order valence-corrected chi connectivity index (χ2v) is 18.0. The fourth-order valence-electron chi connectivity index (χ4n) is 8.56. The molecule has 1 fully saturated rings. The Bertz CT molecular complexity index is 1910. The predicted molar refractivity (Wildman–Crippen MR) is 196 cm³/mol. The van der Waals surface area contributed by atoms with Crippen LogP contribution in [-0.2, 0) is 28.0 Å². The van der Waals surface area contributed by atoms with E-state index in [1.165, 1.54) is 11.1 Å². The molecular weight excluding hydrogens is 658 g/mol. The zero-order valence-corrected chi connectivity index (χ0v) is 30.5. The Hall–Kier alpha value is -3.27. The van der Waals surface area contributed by atoms with Crippen LogP contribution in [0.15, 0.2) is 53.1 Å². The van der Waals surface area contributed by atoms with Crippen LogP contribution in [0.5, 0.6) is 5.75 Å². The minimum atomic E-state index is -3.00. The summed E-state index contributed by atoms with van der Waals surface area (Å²) in [5.74, 6) is 5.16. The van der Waals surface area contributed by atoms with Gasteiger partial charge in [-0.05, 0) is 124 Å². The molecule has 0 saturated heterocycles. The highest BCUT2D eigenvalue weighted by Gasteiger charge is 2.48. The van der Waals surface area contributed by atoms with Crippen molar-refractivity contribution in [1.29, 1.82) is 0 Å². The number of hydrogen-bond donors (Lipinski definition) is 2. The van der Waals surface area contributed by atoms with Gasteiger partial charge in [0.1, 0.15) is 11.5 Å². The number of aromatic nitrogens is 1. The summed E-state index contributed by atoms with van der Waals surface area (Å²) >= 11 is 6.47. The molecule has 7 rings (SSSR count). The molecule has 1 spiro atoms. The first-order valence-electron chi connectivity index (χ1n) is 17.6. The lowest BCUT2D eigenvalue weighted by Crippen LogP contribution is -2.53. The molecule has 8 nitrogen and oxygen atoms in total. The zero-order chi connectivity index (χ0) is 34.7. The fourth-order valence-corrected chi connectivity index (χ4v) is 10.2. The highest BCUT2D eigenvalue weighted by molar-refractivity contribution is 7.99. The molecule has 1 unspecified atom stereocenters. The summed E-state index contributed by atoms with van der Waals surface area (Å²) in [6.07, 6.45) is 9.71. The Morgan fingerprint density at radius 3 is 2.73 bits per heavy atom. The number of hydrogen-bond acceptors (Lipinski definition) is 7. The van der Waals surface area contributed by atoms with E-state index in [-0.39, 0.29) is 23.2 Å². The Labute approximate surface area is 295 Å². The van der Waals surface area contributed by atoms with Gasteiger partial charge in [-0.3, -0.25) is 9.52 Å². The Balaban J connectivity index is 1.33. The molecule has 7 atom stereocenters. The number of fused-ring (bicyclic) bond motifs is 4. The number of aliphatic hydroxyl groups is 1. The molecule has 0 radical (unpaired) electrons. The molecule has 1 saturated carbocycles. The zero-order valence-electron chi connectivity index (χ0n) is 29.0. The maximum absolute atomic E-state index is 13.9. The topological polar surface area (TPSA) is 105 Å². The third kappa shape index (κ3) is 6.31. The molecule has 1 aromatic heterocycles. The number of rotatable bonds is 2. The number of benzene rings is 2. The minimum Gasteiger partial charge on any atom is -0.490 e. The van der Waals surface area contributed by atoms with Crippen LogP contribution < -0.4 is 14.4 Å². The summed E-state index contributed by atoms with van der Waals surface area (Å²) in [7, 11) is -3.00. The molecule has 49 heavy (non-hydrogen) atoms. The number of carbonyl (C=O) groups excluding carboxylic acids is 1. The maximum atomic E-state index is 13.9. The summed E-state index contributed by atoms with van der Waals surface area (Å²) in [4.78, 5) is 16.1. The number of halogens is 1. The van der Waals surface area contributed by atoms with E-state index in [1.54, 1.807) is 6.07 Å². The molecule has 2 aliphatic carbocycles. The second kappa shape index (κ2) is 12.8. The monoisotopic (exact) mass is 705 g/mol. The van der Waals surface area contributed by atoms with Gasteiger partial charge in [0, 0.05) is 46.3 Å². The van der Waals surface area contributed by atoms with Gasteiger partial charge in [-0.25, -0.2) is 4.21 Å². The summed E-state index contributed by atoms with van der Waals surface area (Å²) in [5.41, 5.74) is 4.07. The summed E-state index contributed by atoms with van der Waals surface area (Å²) in [5, 5.41) is 17.3. The van der Waals surface area contributed by atoms with Gasteiger partial charge >= 0.3 is 0 Å². The van der Waals surface area contributed by atoms with Gasteiger partial charge in [-0.2, -0.15) is 0 Å². The van der Waals surface area contributed by atoms with Crippen molar-refractivity contribution in [3.63, 3.8) is 0 Å². The molecule has 2 bridgehead atoms. The lowest BCUT2D eigenvalue weighted by atomic mass is 9.62. The van der Waals surface area contributed by atoms with Crippen molar-refractivity contribution >= 4 is 38.8 Å². The normalized spacial score (nSPS) is 33.8. The van der Waals surface area contributed by atoms with Crippen LogP contribution in [0.3, 0.4) is 0 Å². The first kappa shape index (κ1) is 34.2.